The average Bonchev–Trinajstić information content (AvgIpc) is 2.82. The summed E-state index contributed by atoms with van der Waals surface area (Å²) in [4.78, 5) is 8.78. The van der Waals surface area contributed by atoms with Gasteiger partial charge in [0, 0.05) is 17.1 Å². The molecule has 3 rings (SSSR count). The molecule has 0 radical (unpaired) electrons. The van der Waals surface area contributed by atoms with Crippen LogP contribution in [-0.4, -0.2) is 26.7 Å². The molecule has 0 saturated carbocycles. The summed E-state index contributed by atoms with van der Waals surface area (Å²) in [6.45, 7) is 2.17. The fourth-order valence-corrected chi connectivity index (χ4v) is 2.50. The quantitative estimate of drug-likeness (QED) is 0.787. The van der Waals surface area contributed by atoms with Gasteiger partial charge in [-0.3, -0.25) is 0 Å². The number of ether oxygens (including phenoxy) is 1. The average molecular weight is 348 g/mol. The van der Waals surface area contributed by atoms with Crippen LogP contribution >= 0.6 is 15.9 Å². The number of benzene rings is 1. The highest BCUT2D eigenvalue weighted by Gasteiger charge is 2.17. The molecule has 1 aromatic carbocycles. The molecule has 0 aliphatic rings. The fraction of sp³-hybridized carbons (Fsp3) is 0.214. The van der Waals surface area contributed by atoms with Crippen molar-refractivity contribution in [3.8, 4) is 11.1 Å². The number of hydrogen-bond acceptors (Lipinski definition) is 5. The summed E-state index contributed by atoms with van der Waals surface area (Å²) in [5.74, 6) is 1.62. The largest absolute Gasteiger partial charge is 0.383 e. The number of rotatable bonds is 3. The number of halogens is 1. The van der Waals surface area contributed by atoms with Gasteiger partial charge < -0.3 is 10.5 Å². The summed E-state index contributed by atoms with van der Waals surface area (Å²) in [5.41, 5.74) is 8.82. The van der Waals surface area contributed by atoms with Crippen LogP contribution in [0.5, 0.6) is 0 Å². The van der Waals surface area contributed by atoms with E-state index in [4.69, 9.17) is 10.5 Å². The zero-order valence-corrected chi connectivity index (χ0v) is 13.3. The molecule has 108 valence electrons. The van der Waals surface area contributed by atoms with Gasteiger partial charge in [0.05, 0.1) is 12.3 Å². The lowest BCUT2D eigenvalue weighted by Crippen LogP contribution is -2.08. The van der Waals surface area contributed by atoms with Gasteiger partial charge >= 0.3 is 0 Å². The highest BCUT2D eigenvalue weighted by molar-refractivity contribution is 9.10. The molecule has 21 heavy (non-hydrogen) atoms. The van der Waals surface area contributed by atoms with E-state index in [1.807, 2.05) is 31.2 Å². The van der Waals surface area contributed by atoms with E-state index in [-0.39, 0.29) is 0 Å². The first-order valence-corrected chi connectivity index (χ1v) is 7.16. The van der Waals surface area contributed by atoms with E-state index in [0.717, 1.165) is 21.3 Å². The Morgan fingerprint density at radius 1 is 1.24 bits per heavy atom. The van der Waals surface area contributed by atoms with Gasteiger partial charge in [0.2, 0.25) is 0 Å². The maximum Gasteiger partial charge on any atom is 0.254 e. The number of nitrogens with two attached hydrogens (primary N) is 1. The van der Waals surface area contributed by atoms with Crippen LogP contribution in [0.4, 0.5) is 5.82 Å². The highest BCUT2D eigenvalue weighted by atomic mass is 79.9. The Hall–Kier alpha value is -1.99. The van der Waals surface area contributed by atoms with Crippen molar-refractivity contribution in [2.75, 3.05) is 12.8 Å². The van der Waals surface area contributed by atoms with E-state index in [1.165, 1.54) is 0 Å². The molecular weight excluding hydrogens is 334 g/mol. The Bertz CT molecular complexity index is 797. The molecule has 0 fully saturated rings. The van der Waals surface area contributed by atoms with Crippen LogP contribution in [0.3, 0.4) is 0 Å². The predicted molar refractivity (Wildman–Crippen MR) is 83.8 cm³/mol. The molecule has 2 N–H and O–H groups in total. The van der Waals surface area contributed by atoms with Crippen molar-refractivity contribution in [3.63, 3.8) is 0 Å². The van der Waals surface area contributed by atoms with Crippen LogP contribution in [0, 0.1) is 6.92 Å². The zero-order chi connectivity index (χ0) is 15.0. The first kappa shape index (κ1) is 14.0. The van der Waals surface area contributed by atoms with Crippen LogP contribution in [0.1, 0.15) is 11.5 Å². The maximum atomic E-state index is 6.29. The van der Waals surface area contributed by atoms with Crippen LogP contribution in [-0.2, 0) is 11.3 Å². The van der Waals surface area contributed by atoms with Gasteiger partial charge in [-0.25, -0.2) is 4.98 Å². The van der Waals surface area contributed by atoms with Crippen molar-refractivity contribution in [3.05, 3.63) is 40.3 Å². The number of methoxy groups -OCH3 is 1. The molecule has 0 aliphatic heterocycles. The molecule has 0 aliphatic carbocycles. The molecule has 2 aromatic heterocycles. The molecule has 0 atom stereocenters. The molecule has 3 aromatic rings. The second-order valence-electron chi connectivity index (χ2n) is 4.63. The van der Waals surface area contributed by atoms with Crippen molar-refractivity contribution in [2.24, 2.45) is 0 Å². The molecule has 0 spiro atoms. The van der Waals surface area contributed by atoms with Crippen LogP contribution in [0.15, 0.2) is 28.7 Å². The van der Waals surface area contributed by atoms with Crippen LogP contribution in [0.25, 0.3) is 16.9 Å². The standard InChI is InChI=1S/C14H14BrN5O/c1-8-17-14-18-11(7-21-2)12(13(16)20(14)19-8)9-3-5-10(15)6-4-9/h3-6H,7,16H2,1-2H3. The van der Waals surface area contributed by atoms with E-state index in [9.17, 15) is 0 Å². The second-order valence-corrected chi connectivity index (χ2v) is 5.55. The van der Waals surface area contributed by atoms with Gasteiger partial charge in [0.1, 0.15) is 11.6 Å². The third-order valence-electron chi connectivity index (χ3n) is 3.12. The first-order valence-electron chi connectivity index (χ1n) is 6.36. The van der Waals surface area contributed by atoms with Crippen molar-refractivity contribution in [2.45, 2.75) is 13.5 Å². The Morgan fingerprint density at radius 3 is 2.62 bits per heavy atom. The van der Waals surface area contributed by atoms with E-state index >= 15 is 0 Å². The Kier molecular flexibility index (Phi) is 3.60. The van der Waals surface area contributed by atoms with Crippen LogP contribution in [0.2, 0.25) is 0 Å². The molecule has 7 heteroatoms. The minimum atomic E-state index is 0.359. The van der Waals surface area contributed by atoms with Crippen molar-refractivity contribution in [1.29, 1.82) is 0 Å². The van der Waals surface area contributed by atoms with E-state index in [0.29, 0.717) is 24.0 Å². The summed E-state index contributed by atoms with van der Waals surface area (Å²) < 4.78 is 7.80. The summed E-state index contributed by atoms with van der Waals surface area (Å²) in [6.07, 6.45) is 0. The van der Waals surface area contributed by atoms with Gasteiger partial charge in [-0.2, -0.15) is 9.50 Å². The Labute approximate surface area is 130 Å². The SMILES string of the molecule is COCc1nc2nc(C)nn2c(N)c1-c1ccc(Br)cc1. The normalized spacial score (nSPS) is 11.2. The van der Waals surface area contributed by atoms with Gasteiger partial charge in [-0.1, -0.05) is 28.1 Å². The molecule has 0 amide bonds. The third-order valence-corrected chi connectivity index (χ3v) is 3.65. The Morgan fingerprint density at radius 2 is 1.95 bits per heavy atom. The molecule has 0 unspecified atom stereocenters. The molecular formula is C14H14BrN5O. The van der Waals surface area contributed by atoms with Gasteiger partial charge in [0.15, 0.2) is 0 Å². The third kappa shape index (κ3) is 2.50. The topological polar surface area (TPSA) is 78.3 Å². The van der Waals surface area contributed by atoms with Crippen molar-refractivity contribution in [1.82, 2.24) is 19.6 Å². The van der Waals surface area contributed by atoms with Gasteiger partial charge in [0.25, 0.3) is 5.78 Å². The van der Waals surface area contributed by atoms with Gasteiger partial charge in [-0.05, 0) is 24.6 Å². The number of aryl methyl sites for hydroxylation is 1. The van der Waals surface area contributed by atoms with Crippen LogP contribution < -0.4 is 5.73 Å². The molecule has 6 nitrogen and oxygen atoms in total. The Balaban J connectivity index is 2.29. The fourth-order valence-electron chi connectivity index (χ4n) is 2.24. The number of anilines is 1. The number of nitrogens with zero attached hydrogens (tertiary/aromatic N) is 4. The number of hydrogen-bond donors (Lipinski definition) is 1. The lowest BCUT2D eigenvalue weighted by molar-refractivity contribution is 0.182. The number of aromatic nitrogens is 4. The minimum Gasteiger partial charge on any atom is -0.383 e. The zero-order valence-electron chi connectivity index (χ0n) is 11.7. The first-order chi connectivity index (χ1) is 10.1. The molecule has 0 saturated heterocycles. The maximum absolute atomic E-state index is 6.29. The number of nitrogen functional groups attached to an aromatic ring is 1. The van der Waals surface area contributed by atoms with E-state index < -0.39 is 0 Å². The summed E-state index contributed by atoms with van der Waals surface area (Å²) in [6, 6.07) is 7.88. The summed E-state index contributed by atoms with van der Waals surface area (Å²) >= 11 is 3.43. The summed E-state index contributed by atoms with van der Waals surface area (Å²) in [5, 5.41) is 4.29. The highest BCUT2D eigenvalue weighted by Crippen LogP contribution is 2.30. The predicted octanol–water partition coefficient (Wildman–Crippen LogP) is 2.59. The van der Waals surface area contributed by atoms with Gasteiger partial charge in [-0.15, -0.1) is 5.10 Å². The van der Waals surface area contributed by atoms with E-state index in [1.54, 1.807) is 11.6 Å². The smallest absolute Gasteiger partial charge is 0.254 e. The second kappa shape index (κ2) is 5.42. The summed E-state index contributed by atoms with van der Waals surface area (Å²) in [7, 11) is 1.63. The molecule has 0 bridgehead atoms. The molecule has 2 heterocycles. The van der Waals surface area contributed by atoms with Crippen molar-refractivity contribution >= 4 is 27.5 Å². The lowest BCUT2D eigenvalue weighted by atomic mass is 10.0. The van der Waals surface area contributed by atoms with E-state index in [2.05, 4.69) is 31.0 Å². The lowest BCUT2D eigenvalue weighted by Gasteiger charge is -2.12. The van der Waals surface area contributed by atoms with Crippen molar-refractivity contribution < 1.29 is 4.74 Å². The minimum absolute atomic E-state index is 0.359. The number of fused-ring (bicyclic) bond motifs is 1. The monoisotopic (exact) mass is 347 g/mol.